The van der Waals surface area contributed by atoms with Gasteiger partial charge in [-0.15, -0.1) is 0 Å². The Bertz CT molecular complexity index is 1190. The summed E-state index contributed by atoms with van der Waals surface area (Å²) in [5.41, 5.74) is 6.63. The summed E-state index contributed by atoms with van der Waals surface area (Å²) in [7, 11) is 0. The van der Waals surface area contributed by atoms with Crippen LogP contribution in [0, 0.1) is 11.6 Å². The summed E-state index contributed by atoms with van der Waals surface area (Å²) in [5.74, 6) is -0.662. The Balaban J connectivity index is 1.70. The van der Waals surface area contributed by atoms with Crippen molar-refractivity contribution in [2.24, 2.45) is 0 Å². The Kier molecular flexibility index (Phi) is 4.74. The van der Waals surface area contributed by atoms with Gasteiger partial charge in [-0.3, -0.25) is 4.98 Å². The Morgan fingerprint density at radius 3 is 2.75 bits per heavy atom. The molecule has 140 valence electrons. The predicted molar refractivity (Wildman–Crippen MR) is 106 cm³/mol. The minimum atomic E-state index is -0.648. The van der Waals surface area contributed by atoms with Gasteiger partial charge in [0.15, 0.2) is 11.6 Å². The highest BCUT2D eigenvalue weighted by Gasteiger charge is 2.15. The van der Waals surface area contributed by atoms with Crippen LogP contribution in [0.25, 0.3) is 10.9 Å². The summed E-state index contributed by atoms with van der Waals surface area (Å²) in [6.07, 6.45) is 2.85. The maximum Gasteiger partial charge on any atom is 0.248 e. The van der Waals surface area contributed by atoms with Crippen LogP contribution in [0.3, 0.4) is 0 Å². The van der Waals surface area contributed by atoms with E-state index in [4.69, 9.17) is 10.5 Å². The van der Waals surface area contributed by atoms with Crippen molar-refractivity contribution in [2.45, 2.75) is 0 Å². The van der Waals surface area contributed by atoms with Crippen molar-refractivity contribution < 1.29 is 13.5 Å². The van der Waals surface area contributed by atoms with Gasteiger partial charge in [-0.05, 0) is 30.3 Å². The summed E-state index contributed by atoms with van der Waals surface area (Å²) in [6.45, 7) is 0. The van der Waals surface area contributed by atoms with E-state index in [0.717, 1.165) is 28.1 Å². The third-order valence-corrected chi connectivity index (χ3v) is 4.61. The lowest BCUT2D eigenvalue weighted by Gasteiger charge is -2.13. The van der Waals surface area contributed by atoms with E-state index in [0.29, 0.717) is 11.3 Å². The molecule has 0 unspecified atom stereocenters. The molecular weight excluding hydrogens is 432 g/mol. The molecule has 28 heavy (non-hydrogen) atoms. The molecule has 0 saturated carbocycles. The fourth-order valence-corrected chi connectivity index (χ4v) is 3.03. The van der Waals surface area contributed by atoms with Crippen LogP contribution >= 0.6 is 15.9 Å². The molecule has 9 heteroatoms. The van der Waals surface area contributed by atoms with Crippen molar-refractivity contribution >= 4 is 44.0 Å². The van der Waals surface area contributed by atoms with E-state index in [-0.39, 0.29) is 23.1 Å². The molecule has 4 aromatic rings. The number of fused-ring (bicyclic) bond motifs is 1. The number of halogens is 3. The molecule has 0 saturated heterocycles. The smallest absolute Gasteiger partial charge is 0.248 e. The second-order valence-electron chi connectivity index (χ2n) is 5.74. The number of aromatic nitrogens is 3. The number of nitrogens with two attached hydrogens (primary N) is 1. The Morgan fingerprint density at radius 2 is 1.89 bits per heavy atom. The van der Waals surface area contributed by atoms with E-state index in [1.807, 2.05) is 18.2 Å². The number of nitrogens with zero attached hydrogens (tertiary/aromatic N) is 3. The third kappa shape index (κ3) is 3.44. The van der Waals surface area contributed by atoms with Crippen molar-refractivity contribution in [1.82, 2.24) is 15.0 Å². The summed E-state index contributed by atoms with van der Waals surface area (Å²) < 4.78 is 34.0. The molecule has 2 aromatic heterocycles. The van der Waals surface area contributed by atoms with Crippen LogP contribution in [-0.2, 0) is 0 Å². The van der Waals surface area contributed by atoms with Gasteiger partial charge in [0, 0.05) is 22.1 Å². The number of anilines is 3. The molecule has 0 aliphatic carbocycles. The molecule has 0 atom stereocenters. The van der Waals surface area contributed by atoms with Crippen molar-refractivity contribution in [1.29, 1.82) is 0 Å². The first-order chi connectivity index (χ1) is 13.5. The third-order valence-electron chi connectivity index (χ3n) is 3.91. The highest BCUT2D eigenvalue weighted by Crippen LogP contribution is 2.36. The molecule has 3 N–H and O–H groups in total. The molecular formula is C19H12BrF2N5O. The molecule has 0 bridgehead atoms. The van der Waals surface area contributed by atoms with Gasteiger partial charge in [-0.1, -0.05) is 22.0 Å². The first kappa shape index (κ1) is 18.1. The molecule has 6 nitrogen and oxygen atoms in total. The van der Waals surface area contributed by atoms with Gasteiger partial charge in [-0.25, -0.2) is 13.8 Å². The Labute approximate surface area is 166 Å². The lowest BCUT2D eigenvalue weighted by atomic mass is 10.2. The molecule has 2 heterocycles. The van der Waals surface area contributed by atoms with E-state index in [2.05, 4.69) is 36.2 Å². The molecule has 0 aliphatic heterocycles. The molecule has 0 spiro atoms. The van der Waals surface area contributed by atoms with E-state index < -0.39 is 11.6 Å². The van der Waals surface area contributed by atoms with Crippen molar-refractivity contribution in [3.63, 3.8) is 0 Å². The topological polar surface area (TPSA) is 86.0 Å². The van der Waals surface area contributed by atoms with Crippen molar-refractivity contribution in [3.05, 3.63) is 71.1 Å². The quantitative estimate of drug-likeness (QED) is 0.451. The molecule has 2 aromatic carbocycles. The lowest BCUT2D eigenvalue weighted by Crippen LogP contribution is -2.04. The Hall–Kier alpha value is -3.33. The van der Waals surface area contributed by atoms with Gasteiger partial charge >= 0.3 is 0 Å². The maximum absolute atomic E-state index is 13.9. The van der Waals surface area contributed by atoms with Crippen LogP contribution < -0.4 is 15.8 Å². The number of pyridine rings is 1. The SMILES string of the molecule is Nc1c(Nc2cc(F)ccc2F)ncnc1Oc1ccc(Br)c2cccnc12. The van der Waals surface area contributed by atoms with Crippen LogP contribution in [0.5, 0.6) is 11.6 Å². The minimum absolute atomic E-state index is 0.0400. The number of hydrogen-bond donors (Lipinski definition) is 2. The highest BCUT2D eigenvalue weighted by molar-refractivity contribution is 9.10. The van der Waals surface area contributed by atoms with Crippen LogP contribution in [-0.4, -0.2) is 15.0 Å². The van der Waals surface area contributed by atoms with Gasteiger partial charge in [-0.2, -0.15) is 4.98 Å². The maximum atomic E-state index is 13.9. The largest absolute Gasteiger partial charge is 0.435 e. The van der Waals surface area contributed by atoms with Crippen molar-refractivity contribution in [3.8, 4) is 11.6 Å². The van der Waals surface area contributed by atoms with E-state index >= 15 is 0 Å². The number of benzene rings is 2. The molecule has 0 radical (unpaired) electrons. The monoisotopic (exact) mass is 443 g/mol. The second-order valence-corrected chi connectivity index (χ2v) is 6.59. The van der Waals surface area contributed by atoms with Gasteiger partial charge in [0.25, 0.3) is 0 Å². The van der Waals surface area contributed by atoms with Gasteiger partial charge in [0.05, 0.1) is 5.69 Å². The molecule has 0 fully saturated rings. The average Bonchev–Trinajstić information content (AvgIpc) is 2.70. The number of rotatable bonds is 4. The summed E-state index contributed by atoms with van der Waals surface area (Å²) in [5, 5.41) is 3.51. The zero-order valence-corrected chi connectivity index (χ0v) is 15.7. The minimum Gasteiger partial charge on any atom is -0.435 e. The van der Waals surface area contributed by atoms with E-state index in [1.165, 1.54) is 6.33 Å². The van der Waals surface area contributed by atoms with Crippen LogP contribution in [0.2, 0.25) is 0 Å². The standard InChI is InChI=1S/C19H12BrF2N5O/c20-12-4-6-15(17-11(12)2-1-7-24-17)28-19-16(23)18(25-9-26-19)27-14-8-10(21)3-5-13(14)22/h1-9H,23H2,(H,25,26,27). The first-order valence-electron chi connectivity index (χ1n) is 8.06. The van der Waals surface area contributed by atoms with Gasteiger partial charge in [0.1, 0.15) is 29.2 Å². The second kappa shape index (κ2) is 7.35. The predicted octanol–water partition coefficient (Wildman–Crippen LogP) is 5.18. The van der Waals surface area contributed by atoms with Crippen LogP contribution in [0.4, 0.5) is 26.0 Å². The van der Waals surface area contributed by atoms with Gasteiger partial charge < -0.3 is 15.8 Å². The normalized spacial score (nSPS) is 10.8. The average molecular weight is 444 g/mol. The number of hydrogen-bond acceptors (Lipinski definition) is 6. The number of nitrogens with one attached hydrogen (secondary N) is 1. The zero-order valence-electron chi connectivity index (χ0n) is 14.2. The van der Waals surface area contributed by atoms with E-state index in [9.17, 15) is 8.78 Å². The summed E-state index contributed by atoms with van der Waals surface area (Å²) in [6, 6.07) is 10.3. The van der Waals surface area contributed by atoms with Crippen LogP contribution in [0.1, 0.15) is 0 Å². The fourth-order valence-electron chi connectivity index (χ4n) is 2.58. The number of ether oxygens (including phenoxy) is 1. The zero-order chi connectivity index (χ0) is 19.7. The molecule has 0 aliphatic rings. The van der Waals surface area contributed by atoms with E-state index in [1.54, 1.807) is 12.3 Å². The summed E-state index contributed by atoms with van der Waals surface area (Å²) >= 11 is 3.47. The fraction of sp³-hybridized carbons (Fsp3) is 0. The van der Waals surface area contributed by atoms with Crippen molar-refractivity contribution in [2.75, 3.05) is 11.1 Å². The highest BCUT2D eigenvalue weighted by atomic mass is 79.9. The Morgan fingerprint density at radius 1 is 1.04 bits per heavy atom. The first-order valence-corrected chi connectivity index (χ1v) is 8.86. The lowest BCUT2D eigenvalue weighted by molar-refractivity contribution is 0.469. The van der Waals surface area contributed by atoms with Gasteiger partial charge in [0.2, 0.25) is 5.88 Å². The molecule has 4 rings (SSSR count). The van der Waals surface area contributed by atoms with Crippen LogP contribution in [0.15, 0.2) is 59.5 Å². The number of nitrogen functional groups attached to an aromatic ring is 1. The summed E-state index contributed by atoms with van der Waals surface area (Å²) in [4.78, 5) is 12.4. The molecule has 0 amide bonds.